The Labute approximate surface area is 145 Å². The van der Waals surface area contributed by atoms with Gasteiger partial charge in [-0.1, -0.05) is 35.3 Å². The lowest BCUT2D eigenvalue weighted by Crippen LogP contribution is -2.33. The largest absolute Gasteiger partial charge is 0.388 e. The predicted octanol–water partition coefficient (Wildman–Crippen LogP) is 3.23. The Morgan fingerprint density at radius 1 is 1.43 bits per heavy atom. The van der Waals surface area contributed by atoms with E-state index in [-0.39, 0.29) is 11.7 Å². The van der Waals surface area contributed by atoms with Crippen LogP contribution in [0.15, 0.2) is 30.7 Å². The average molecular weight is 356 g/mol. The molecule has 0 spiro atoms. The van der Waals surface area contributed by atoms with Crippen molar-refractivity contribution in [3.63, 3.8) is 0 Å². The molecule has 0 bridgehead atoms. The lowest BCUT2D eigenvalue weighted by atomic mass is 9.92. The summed E-state index contributed by atoms with van der Waals surface area (Å²) in [5, 5.41) is 11.5. The third kappa shape index (κ3) is 4.25. The van der Waals surface area contributed by atoms with Crippen LogP contribution in [-0.2, 0) is 6.42 Å². The van der Waals surface area contributed by atoms with E-state index in [0.29, 0.717) is 22.9 Å². The second kappa shape index (κ2) is 6.91. The maximum absolute atomic E-state index is 11.2. The van der Waals surface area contributed by atoms with Gasteiger partial charge in [0, 0.05) is 6.20 Å². The third-order valence-electron chi connectivity index (χ3n) is 3.75. The van der Waals surface area contributed by atoms with Gasteiger partial charge < -0.3 is 15.4 Å². The van der Waals surface area contributed by atoms with E-state index >= 15 is 0 Å². The number of imidazole rings is 1. The van der Waals surface area contributed by atoms with Gasteiger partial charge in [0.2, 0.25) is 0 Å². The fraction of sp³-hybridized carbons (Fsp3) is 0.375. The highest BCUT2D eigenvalue weighted by atomic mass is 35.5. The summed E-state index contributed by atoms with van der Waals surface area (Å²) in [5.41, 5.74) is 5.29. The van der Waals surface area contributed by atoms with Crippen LogP contribution in [0.2, 0.25) is 10.0 Å². The quantitative estimate of drug-likeness (QED) is 0.834. The van der Waals surface area contributed by atoms with Gasteiger partial charge in [0.15, 0.2) is 0 Å². The van der Waals surface area contributed by atoms with Crippen molar-refractivity contribution in [3.8, 4) is 0 Å². The molecule has 1 aromatic carbocycles. The van der Waals surface area contributed by atoms with Gasteiger partial charge >= 0.3 is 0 Å². The molecule has 124 valence electrons. The van der Waals surface area contributed by atoms with Crippen LogP contribution >= 0.6 is 23.2 Å². The minimum atomic E-state index is -1.01. The minimum absolute atomic E-state index is 0.167. The van der Waals surface area contributed by atoms with Gasteiger partial charge in [0.25, 0.3) is 5.91 Å². The van der Waals surface area contributed by atoms with Gasteiger partial charge in [0.05, 0.1) is 28.0 Å². The molecule has 1 aromatic heterocycles. The molecule has 23 heavy (non-hydrogen) atoms. The predicted molar refractivity (Wildman–Crippen MR) is 90.9 cm³/mol. The Hall–Kier alpha value is -1.56. The number of aromatic nitrogens is 2. The molecular formula is C16H19Cl2N3O2. The van der Waals surface area contributed by atoms with Gasteiger partial charge in [0.1, 0.15) is 5.69 Å². The summed E-state index contributed by atoms with van der Waals surface area (Å²) < 4.78 is 1.71. The second-order valence-electron chi connectivity index (χ2n) is 5.99. The summed E-state index contributed by atoms with van der Waals surface area (Å²) in [6.45, 7) is 3.42. The van der Waals surface area contributed by atoms with Gasteiger partial charge in [-0.15, -0.1) is 0 Å². The van der Waals surface area contributed by atoms with Crippen LogP contribution in [0, 0.1) is 0 Å². The first-order chi connectivity index (χ1) is 10.7. The van der Waals surface area contributed by atoms with Gasteiger partial charge in [-0.25, -0.2) is 4.98 Å². The Bertz CT molecular complexity index is 708. The van der Waals surface area contributed by atoms with Crippen molar-refractivity contribution in [1.82, 2.24) is 9.55 Å². The number of benzene rings is 1. The first-order valence-electron chi connectivity index (χ1n) is 7.18. The third-order valence-corrected chi connectivity index (χ3v) is 4.61. The van der Waals surface area contributed by atoms with Crippen molar-refractivity contribution < 1.29 is 9.90 Å². The smallest absolute Gasteiger partial charge is 0.268 e. The SMILES string of the molecule is CC(C)(O)[C@@H](CCc1cccc(Cl)c1Cl)n1cnc(C(N)=O)c1. The number of hydrogen-bond acceptors (Lipinski definition) is 3. The Balaban J connectivity index is 2.22. The van der Waals surface area contributed by atoms with Crippen LogP contribution in [0.3, 0.4) is 0 Å². The highest BCUT2D eigenvalue weighted by Crippen LogP contribution is 2.31. The van der Waals surface area contributed by atoms with E-state index in [4.69, 9.17) is 28.9 Å². The standard InChI is InChI=1S/C16H19Cl2N3O2/c1-16(2,23)13(21-8-12(15(19)22)20-9-21)7-6-10-4-3-5-11(17)14(10)18/h3-5,8-9,13,23H,6-7H2,1-2H3,(H2,19,22)/t13-/m1/s1. The van der Waals surface area contributed by atoms with Crippen LogP contribution in [0.5, 0.6) is 0 Å². The van der Waals surface area contributed by atoms with E-state index in [0.717, 1.165) is 5.56 Å². The summed E-state index contributed by atoms with van der Waals surface area (Å²) in [6.07, 6.45) is 4.27. The number of halogens is 2. The monoisotopic (exact) mass is 355 g/mol. The summed E-state index contributed by atoms with van der Waals surface area (Å²) in [6, 6.07) is 5.18. The molecule has 1 atom stereocenters. The summed E-state index contributed by atoms with van der Waals surface area (Å²) in [5.74, 6) is -0.601. The van der Waals surface area contributed by atoms with Gasteiger partial charge in [-0.3, -0.25) is 4.79 Å². The number of hydrogen-bond donors (Lipinski definition) is 2. The van der Waals surface area contributed by atoms with E-state index in [2.05, 4.69) is 4.98 Å². The molecule has 2 aromatic rings. The molecule has 0 aliphatic heterocycles. The zero-order chi connectivity index (χ0) is 17.2. The topological polar surface area (TPSA) is 81.1 Å². The first-order valence-corrected chi connectivity index (χ1v) is 7.94. The lowest BCUT2D eigenvalue weighted by molar-refractivity contribution is 0.0194. The molecule has 0 fully saturated rings. The van der Waals surface area contributed by atoms with Crippen molar-refractivity contribution >= 4 is 29.1 Å². The molecule has 0 aliphatic carbocycles. The lowest BCUT2D eigenvalue weighted by Gasteiger charge is -2.30. The number of primary amides is 1. The van der Waals surface area contributed by atoms with Crippen molar-refractivity contribution in [2.24, 2.45) is 5.73 Å². The van der Waals surface area contributed by atoms with E-state index in [1.807, 2.05) is 12.1 Å². The van der Waals surface area contributed by atoms with Crippen LogP contribution in [0.25, 0.3) is 0 Å². The first kappa shape index (κ1) is 17.8. The van der Waals surface area contributed by atoms with Crippen LogP contribution < -0.4 is 5.73 Å². The molecule has 0 unspecified atom stereocenters. The highest BCUT2D eigenvalue weighted by molar-refractivity contribution is 6.42. The molecule has 2 rings (SSSR count). The molecule has 3 N–H and O–H groups in total. The number of amides is 1. The summed E-state index contributed by atoms with van der Waals surface area (Å²) >= 11 is 12.2. The van der Waals surface area contributed by atoms with E-state index in [1.165, 1.54) is 6.33 Å². The number of carbonyl (C=O) groups is 1. The van der Waals surface area contributed by atoms with Crippen molar-refractivity contribution in [3.05, 3.63) is 52.0 Å². The minimum Gasteiger partial charge on any atom is -0.388 e. The average Bonchev–Trinajstić information content (AvgIpc) is 2.92. The zero-order valence-electron chi connectivity index (χ0n) is 13.0. The Morgan fingerprint density at radius 3 is 2.70 bits per heavy atom. The Morgan fingerprint density at radius 2 is 2.13 bits per heavy atom. The van der Waals surface area contributed by atoms with Gasteiger partial charge in [-0.2, -0.15) is 0 Å². The number of aliphatic hydroxyl groups is 1. The maximum Gasteiger partial charge on any atom is 0.268 e. The van der Waals surface area contributed by atoms with E-state index in [9.17, 15) is 9.90 Å². The number of carbonyl (C=O) groups excluding carboxylic acids is 1. The Kier molecular flexibility index (Phi) is 5.34. The fourth-order valence-electron chi connectivity index (χ4n) is 2.54. The molecule has 0 saturated heterocycles. The zero-order valence-corrected chi connectivity index (χ0v) is 14.5. The highest BCUT2D eigenvalue weighted by Gasteiger charge is 2.29. The van der Waals surface area contributed by atoms with Crippen LogP contribution in [0.1, 0.15) is 42.4 Å². The maximum atomic E-state index is 11.2. The molecule has 0 saturated carbocycles. The summed E-state index contributed by atoms with van der Waals surface area (Å²) in [4.78, 5) is 15.2. The molecule has 1 amide bonds. The van der Waals surface area contributed by atoms with Crippen molar-refractivity contribution in [2.45, 2.75) is 38.3 Å². The molecule has 7 heteroatoms. The number of nitrogens with two attached hydrogens (primary N) is 1. The second-order valence-corrected chi connectivity index (χ2v) is 6.78. The van der Waals surface area contributed by atoms with Crippen molar-refractivity contribution in [2.75, 3.05) is 0 Å². The van der Waals surface area contributed by atoms with Crippen molar-refractivity contribution in [1.29, 1.82) is 0 Å². The molecular weight excluding hydrogens is 337 g/mol. The van der Waals surface area contributed by atoms with Gasteiger partial charge in [-0.05, 0) is 38.3 Å². The number of aryl methyl sites for hydroxylation is 1. The van der Waals surface area contributed by atoms with E-state index in [1.54, 1.807) is 30.7 Å². The normalized spacial score (nSPS) is 13.1. The summed E-state index contributed by atoms with van der Waals surface area (Å²) in [7, 11) is 0. The van der Waals surface area contributed by atoms with Crippen LogP contribution in [0.4, 0.5) is 0 Å². The number of nitrogens with zero attached hydrogens (tertiary/aromatic N) is 2. The van der Waals surface area contributed by atoms with Crippen LogP contribution in [-0.4, -0.2) is 26.2 Å². The molecule has 1 heterocycles. The number of rotatable bonds is 6. The molecule has 0 radical (unpaired) electrons. The fourth-order valence-corrected chi connectivity index (χ4v) is 2.95. The van der Waals surface area contributed by atoms with E-state index < -0.39 is 11.5 Å². The molecule has 5 nitrogen and oxygen atoms in total. The molecule has 0 aliphatic rings.